The predicted octanol–water partition coefficient (Wildman–Crippen LogP) is 2.62. The number of methoxy groups -OCH3 is 2. The van der Waals surface area contributed by atoms with Crippen LogP contribution < -0.4 is 44.4 Å². The van der Waals surface area contributed by atoms with Gasteiger partial charge in [-0.2, -0.15) is 0 Å². The second kappa shape index (κ2) is 32.1. The van der Waals surface area contributed by atoms with Gasteiger partial charge in [-0.3, -0.25) is 9.59 Å². The number of hydrogen-bond acceptors (Lipinski definition) is 17. The molecule has 0 radical (unpaired) electrons. The van der Waals surface area contributed by atoms with Crippen molar-refractivity contribution in [1.29, 1.82) is 0 Å². The number of anilines is 1. The average Bonchev–Trinajstić information content (AvgIpc) is 3.78. The molecule has 410 valence electrons. The molecule has 21 heteroatoms. The van der Waals surface area contributed by atoms with E-state index in [1.807, 2.05) is 38.1 Å². The minimum Gasteiger partial charge on any atom is -0.744 e. The van der Waals surface area contributed by atoms with Gasteiger partial charge in [0, 0.05) is 73.9 Å². The standard InChI is InChI=1S/C54H77N3O16S.Na/c1-53(2,3)49-38-41(12-11-13-48-54(4,5)45-40-43(74(61,62)63)16-18-46(45)56(48)21-10-8-9-14-52(60)73-57-50(58)19-20-51(57)59)44-17-15-42(39-47(44)72-49)55(22-24-66-30-32-70-36-34-68-28-26-64-6)23-25-67-31-33-71-37-35-69-29-27-65-7;/h11-13,15-18,38-40H,8-10,14,19-37H2,1-7H3;/q;+1. The number of benzene rings is 2. The summed E-state index contributed by atoms with van der Waals surface area (Å²) in [5, 5.41) is 1.49. The number of hydrogen-bond donors (Lipinski definition) is 0. The third-order valence-electron chi connectivity index (χ3n) is 12.4. The van der Waals surface area contributed by atoms with Crippen molar-refractivity contribution < 1.29 is 104 Å². The Morgan fingerprint density at radius 3 is 1.83 bits per heavy atom. The number of hydroxylamine groups is 2. The van der Waals surface area contributed by atoms with Gasteiger partial charge < -0.3 is 56.6 Å². The van der Waals surface area contributed by atoms with Crippen LogP contribution in [0.3, 0.4) is 0 Å². The van der Waals surface area contributed by atoms with Crippen LogP contribution in [-0.2, 0) is 78.1 Å². The van der Waals surface area contributed by atoms with Gasteiger partial charge in [0.15, 0.2) is 13.1 Å². The SMILES string of the molecule is COCCOCCOCCOCC[N+](CCOCCOCCOCCOC)=c1ccc2c(/C=C/C=C3/N(CCCCCC(=O)ON4C(=O)CCC4=O)c4ccc(S(=O)(=O)[O-])cc4C3(C)C)cc(C(C)(C)C)oc-2c1.[Na+]. The second-order valence-corrected chi connectivity index (χ2v) is 20.7. The van der Waals surface area contributed by atoms with Crippen molar-refractivity contribution in [1.82, 2.24) is 9.64 Å². The quantitative estimate of drug-likeness (QED) is 0.0276. The van der Waals surface area contributed by atoms with Gasteiger partial charge in [-0.05, 0) is 60.4 Å². The van der Waals surface area contributed by atoms with E-state index < -0.39 is 33.3 Å². The third-order valence-corrected chi connectivity index (χ3v) is 13.2. The summed E-state index contributed by atoms with van der Waals surface area (Å²) >= 11 is 0. The molecule has 19 nitrogen and oxygen atoms in total. The minimum atomic E-state index is -4.72. The zero-order valence-electron chi connectivity index (χ0n) is 45.3. The zero-order chi connectivity index (χ0) is 53.6. The van der Waals surface area contributed by atoms with Crippen LogP contribution in [0.5, 0.6) is 0 Å². The van der Waals surface area contributed by atoms with E-state index in [1.165, 1.54) is 12.1 Å². The van der Waals surface area contributed by atoms with Crippen molar-refractivity contribution >= 4 is 39.7 Å². The topological polar surface area (TPSA) is 214 Å². The first-order chi connectivity index (χ1) is 35.4. The van der Waals surface area contributed by atoms with Crippen LogP contribution in [0.1, 0.15) is 90.0 Å². The fraction of sp³-hybridized carbons (Fsp3) is 0.593. The van der Waals surface area contributed by atoms with Crippen LogP contribution in [0.4, 0.5) is 5.69 Å². The molecule has 2 amide bonds. The number of carbonyl (C=O) groups excluding carboxylic acids is 3. The first-order valence-corrected chi connectivity index (χ1v) is 26.8. The Labute approximate surface area is 464 Å². The van der Waals surface area contributed by atoms with Crippen LogP contribution in [-0.4, -0.2) is 162 Å². The van der Waals surface area contributed by atoms with Crippen molar-refractivity contribution in [2.75, 3.05) is 131 Å². The van der Waals surface area contributed by atoms with E-state index in [0.717, 1.165) is 33.6 Å². The summed E-state index contributed by atoms with van der Waals surface area (Å²) in [7, 11) is -1.45. The van der Waals surface area contributed by atoms with E-state index in [9.17, 15) is 27.4 Å². The summed E-state index contributed by atoms with van der Waals surface area (Å²) < 4.78 is 89.7. The Hall–Kier alpha value is -3.87. The number of fused-ring (bicyclic) bond motifs is 2. The Kier molecular flexibility index (Phi) is 27.3. The maximum Gasteiger partial charge on any atom is 1.00 e. The summed E-state index contributed by atoms with van der Waals surface area (Å²) in [6.45, 7) is 18.6. The van der Waals surface area contributed by atoms with Crippen LogP contribution in [0.15, 0.2) is 69.6 Å². The van der Waals surface area contributed by atoms with Crippen molar-refractivity contribution in [3.05, 3.63) is 82.6 Å². The Bertz CT molecular complexity index is 2460. The fourth-order valence-corrected chi connectivity index (χ4v) is 8.80. The number of rotatable bonds is 34. The van der Waals surface area contributed by atoms with Gasteiger partial charge in [0.1, 0.15) is 34.9 Å². The molecule has 3 aliphatic heterocycles. The maximum atomic E-state index is 12.5. The number of allylic oxidation sites excluding steroid dienone is 3. The molecule has 1 aromatic rings. The number of unbranched alkanes of at least 4 members (excludes halogenated alkanes) is 2. The molecular weight excluding hydrogens is 1000 g/mol. The molecule has 1 aliphatic carbocycles. The molecule has 0 bridgehead atoms. The number of nitrogens with zero attached hydrogens (tertiary/aromatic N) is 3. The summed E-state index contributed by atoms with van der Waals surface area (Å²) in [6.07, 6.45) is 7.82. The molecule has 4 aliphatic rings. The molecule has 0 spiro atoms. The van der Waals surface area contributed by atoms with Gasteiger partial charge in [-0.1, -0.05) is 53.2 Å². The summed E-state index contributed by atoms with van der Waals surface area (Å²) in [5.41, 5.74) is 3.14. The van der Waals surface area contributed by atoms with Crippen molar-refractivity contribution in [3.8, 4) is 11.3 Å². The van der Waals surface area contributed by atoms with Gasteiger partial charge >= 0.3 is 35.5 Å². The Balaban J connectivity index is 0.0000122. The van der Waals surface area contributed by atoms with Crippen molar-refractivity contribution in [2.45, 2.75) is 88.9 Å². The van der Waals surface area contributed by atoms with E-state index in [-0.39, 0.29) is 59.1 Å². The van der Waals surface area contributed by atoms with E-state index in [1.54, 1.807) is 20.3 Å². The third kappa shape index (κ3) is 20.1. The summed E-state index contributed by atoms with van der Waals surface area (Å²) in [6, 6.07) is 12.7. The first kappa shape index (κ1) is 63.7. The zero-order valence-corrected chi connectivity index (χ0v) is 48.1. The van der Waals surface area contributed by atoms with Gasteiger partial charge in [-0.15, -0.1) is 5.06 Å². The van der Waals surface area contributed by atoms with Gasteiger partial charge in [0.25, 0.3) is 11.8 Å². The van der Waals surface area contributed by atoms with Crippen LogP contribution in [0.2, 0.25) is 0 Å². The number of ether oxygens (including phenoxy) is 8. The molecule has 0 atom stereocenters. The molecule has 0 saturated carbocycles. The minimum absolute atomic E-state index is 0. The smallest absolute Gasteiger partial charge is 0.744 e. The maximum absolute atomic E-state index is 12.5. The molecular formula is C54H77N3NaO16S+. The molecule has 3 heterocycles. The van der Waals surface area contributed by atoms with Gasteiger partial charge in [0.2, 0.25) is 5.36 Å². The summed E-state index contributed by atoms with van der Waals surface area (Å²) in [5.74, 6) is -0.226. The summed E-state index contributed by atoms with van der Waals surface area (Å²) in [4.78, 5) is 43.2. The van der Waals surface area contributed by atoms with Crippen LogP contribution in [0, 0.1) is 0 Å². The molecule has 1 saturated heterocycles. The largest absolute Gasteiger partial charge is 1.00 e. The van der Waals surface area contributed by atoms with E-state index >= 15 is 0 Å². The monoisotopic (exact) mass is 1080 g/mol. The average molecular weight is 1080 g/mol. The van der Waals surface area contributed by atoms with Gasteiger partial charge in [0.05, 0.1) is 90.2 Å². The predicted molar refractivity (Wildman–Crippen MR) is 275 cm³/mol. The Morgan fingerprint density at radius 1 is 0.747 bits per heavy atom. The van der Waals surface area contributed by atoms with E-state index in [4.69, 9.17) is 47.1 Å². The first-order valence-electron chi connectivity index (χ1n) is 25.4. The molecule has 0 unspecified atom stereocenters. The van der Waals surface area contributed by atoms with Crippen LogP contribution in [0.25, 0.3) is 17.4 Å². The van der Waals surface area contributed by atoms with Crippen LogP contribution >= 0.6 is 0 Å². The number of amides is 2. The number of imide groups is 1. The van der Waals surface area contributed by atoms with Gasteiger partial charge in [-0.25, -0.2) is 17.8 Å². The molecule has 1 aromatic carbocycles. The Morgan fingerprint density at radius 2 is 1.29 bits per heavy atom. The molecule has 0 N–H and O–H groups in total. The van der Waals surface area contributed by atoms with Crippen molar-refractivity contribution in [2.24, 2.45) is 0 Å². The van der Waals surface area contributed by atoms with Crippen molar-refractivity contribution in [3.63, 3.8) is 0 Å². The molecule has 0 aromatic heterocycles. The molecule has 5 rings (SSSR count). The molecule has 1 fully saturated rings. The van der Waals surface area contributed by atoms with E-state index in [0.29, 0.717) is 148 Å². The molecule has 75 heavy (non-hydrogen) atoms. The second-order valence-electron chi connectivity index (χ2n) is 19.3. The van der Waals surface area contributed by atoms with E-state index in [2.05, 4.69) is 48.4 Å². The fourth-order valence-electron chi connectivity index (χ4n) is 8.31. The normalized spacial score (nSPS) is 15.2. The number of carbonyl (C=O) groups is 3.